The molecule has 0 aliphatic carbocycles. The lowest BCUT2D eigenvalue weighted by atomic mass is 9.93. The third-order valence-electron chi connectivity index (χ3n) is 3.37. The number of rotatable bonds is 2. The molecule has 0 radical (unpaired) electrons. The molecule has 1 aromatic carbocycles. The molecule has 98 valence electrons. The van der Waals surface area contributed by atoms with Crippen LogP contribution in [-0.2, 0) is 6.42 Å². The molecule has 0 spiro atoms. The number of hydrogen-bond donors (Lipinski definition) is 1. The van der Waals surface area contributed by atoms with Crippen molar-refractivity contribution < 1.29 is 9.13 Å². The number of benzene rings is 1. The molecule has 1 aromatic heterocycles. The van der Waals surface area contributed by atoms with E-state index in [1.54, 1.807) is 18.3 Å². The van der Waals surface area contributed by atoms with Crippen LogP contribution in [0.25, 0.3) is 0 Å². The molecule has 1 aliphatic rings. The summed E-state index contributed by atoms with van der Waals surface area (Å²) < 4.78 is 19.4. The summed E-state index contributed by atoms with van der Waals surface area (Å²) in [5, 5.41) is 3.15. The minimum absolute atomic E-state index is 0.159. The standard InChI is InChI=1S/C15H15FN2O/c1-17-9-10-7-13-15(3-2-6-18-13)19-14-5-4-11(16)8-12(10)14/h2-6,8,10,17H,7,9H2,1H3/t10-/m0/s1. The molecule has 1 aliphatic heterocycles. The largest absolute Gasteiger partial charge is 0.455 e. The number of hydrogen-bond acceptors (Lipinski definition) is 3. The first-order valence-electron chi connectivity index (χ1n) is 6.33. The molecule has 0 saturated carbocycles. The van der Waals surface area contributed by atoms with Crippen molar-refractivity contribution in [1.29, 1.82) is 0 Å². The van der Waals surface area contributed by atoms with Gasteiger partial charge >= 0.3 is 0 Å². The Morgan fingerprint density at radius 1 is 1.37 bits per heavy atom. The van der Waals surface area contributed by atoms with E-state index in [0.29, 0.717) is 5.75 Å². The molecule has 1 atom stereocenters. The fourth-order valence-corrected chi connectivity index (χ4v) is 2.49. The first-order chi connectivity index (χ1) is 9.28. The second kappa shape index (κ2) is 4.97. The zero-order chi connectivity index (χ0) is 13.2. The zero-order valence-corrected chi connectivity index (χ0v) is 10.7. The van der Waals surface area contributed by atoms with Gasteiger partial charge in [0.2, 0.25) is 0 Å². The number of nitrogens with one attached hydrogen (secondary N) is 1. The highest BCUT2D eigenvalue weighted by atomic mass is 19.1. The van der Waals surface area contributed by atoms with Crippen LogP contribution in [0.2, 0.25) is 0 Å². The Kier molecular flexibility index (Phi) is 3.17. The summed E-state index contributed by atoms with van der Waals surface area (Å²) in [5.41, 5.74) is 1.81. The molecule has 0 fully saturated rings. The van der Waals surface area contributed by atoms with Crippen LogP contribution in [0.1, 0.15) is 17.2 Å². The predicted molar refractivity (Wildman–Crippen MR) is 71.1 cm³/mol. The van der Waals surface area contributed by atoms with Crippen LogP contribution in [0.5, 0.6) is 11.5 Å². The lowest BCUT2D eigenvalue weighted by Gasteiger charge is -2.15. The Bertz CT molecular complexity index is 600. The molecular weight excluding hydrogens is 243 g/mol. The minimum atomic E-state index is -0.234. The topological polar surface area (TPSA) is 34.2 Å². The van der Waals surface area contributed by atoms with Gasteiger partial charge in [-0.2, -0.15) is 0 Å². The van der Waals surface area contributed by atoms with Crippen molar-refractivity contribution in [2.75, 3.05) is 13.6 Å². The molecule has 3 rings (SSSR count). The van der Waals surface area contributed by atoms with E-state index < -0.39 is 0 Å². The highest BCUT2D eigenvalue weighted by molar-refractivity contribution is 5.45. The van der Waals surface area contributed by atoms with Crippen LogP contribution in [0, 0.1) is 5.82 Å². The summed E-state index contributed by atoms with van der Waals surface area (Å²) >= 11 is 0. The number of fused-ring (bicyclic) bond motifs is 2. The van der Waals surface area contributed by atoms with Crippen molar-refractivity contribution in [2.45, 2.75) is 12.3 Å². The quantitative estimate of drug-likeness (QED) is 0.899. The Morgan fingerprint density at radius 2 is 2.26 bits per heavy atom. The van der Waals surface area contributed by atoms with E-state index in [-0.39, 0.29) is 11.7 Å². The summed E-state index contributed by atoms with van der Waals surface area (Å²) in [6.07, 6.45) is 2.50. The number of ether oxygens (including phenoxy) is 1. The van der Waals surface area contributed by atoms with Crippen LogP contribution in [0.4, 0.5) is 4.39 Å². The average Bonchev–Trinajstić information content (AvgIpc) is 2.56. The average molecular weight is 258 g/mol. The van der Waals surface area contributed by atoms with E-state index in [2.05, 4.69) is 10.3 Å². The molecule has 4 heteroatoms. The smallest absolute Gasteiger partial charge is 0.148 e. The molecule has 19 heavy (non-hydrogen) atoms. The Hall–Kier alpha value is -1.94. The van der Waals surface area contributed by atoms with Gasteiger partial charge in [-0.15, -0.1) is 0 Å². The Labute approximate surface area is 111 Å². The van der Waals surface area contributed by atoms with E-state index in [4.69, 9.17) is 4.74 Å². The van der Waals surface area contributed by atoms with E-state index in [9.17, 15) is 4.39 Å². The SMILES string of the molecule is CNC[C@@H]1Cc2ncccc2Oc2ccc(F)cc21. The van der Waals surface area contributed by atoms with Gasteiger partial charge < -0.3 is 10.1 Å². The second-order valence-corrected chi connectivity index (χ2v) is 4.69. The van der Waals surface area contributed by atoms with Gasteiger partial charge in [-0.1, -0.05) is 0 Å². The Morgan fingerprint density at radius 3 is 3.11 bits per heavy atom. The molecule has 0 amide bonds. The summed E-state index contributed by atoms with van der Waals surface area (Å²) in [7, 11) is 1.89. The van der Waals surface area contributed by atoms with Crippen molar-refractivity contribution in [3.63, 3.8) is 0 Å². The second-order valence-electron chi connectivity index (χ2n) is 4.69. The molecular formula is C15H15FN2O. The molecule has 0 bridgehead atoms. The van der Waals surface area contributed by atoms with Crippen LogP contribution < -0.4 is 10.1 Å². The Balaban J connectivity index is 2.10. The van der Waals surface area contributed by atoms with Crippen molar-refractivity contribution in [3.05, 3.63) is 53.6 Å². The van der Waals surface area contributed by atoms with Gasteiger partial charge in [-0.25, -0.2) is 4.39 Å². The van der Waals surface area contributed by atoms with Gasteiger partial charge in [0.15, 0.2) is 0 Å². The van der Waals surface area contributed by atoms with Crippen molar-refractivity contribution in [2.24, 2.45) is 0 Å². The third-order valence-corrected chi connectivity index (χ3v) is 3.37. The number of likely N-dealkylation sites (N-methyl/N-ethyl adjacent to an activating group) is 1. The maximum absolute atomic E-state index is 13.5. The van der Waals surface area contributed by atoms with E-state index in [1.165, 1.54) is 6.07 Å². The number of pyridine rings is 1. The third kappa shape index (κ3) is 2.31. The fourth-order valence-electron chi connectivity index (χ4n) is 2.49. The van der Waals surface area contributed by atoms with Gasteiger partial charge in [0, 0.05) is 30.6 Å². The maximum atomic E-state index is 13.5. The predicted octanol–water partition coefficient (Wildman–Crippen LogP) is 2.87. The lowest BCUT2D eigenvalue weighted by Crippen LogP contribution is -2.19. The number of nitrogens with zero attached hydrogens (tertiary/aromatic N) is 1. The van der Waals surface area contributed by atoms with Gasteiger partial charge in [-0.3, -0.25) is 4.98 Å². The van der Waals surface area contributed by atoms with Crippen LogP contribution >= 0.6 is 0 Å². The maximum Gasteiger partial charge on any atom is 0.148 e. The molecule has 1 N–H and O–H groups in total. The van der Waals surface area contributed by atoms with E-state index in [1.807, 2.05) is 19.2 Å². The summed E-state index contributed by atoms with van der Waals surface area (Å²) in [6.45, 7) is 0.760. The number of aromatic nitrogens is 1. The minimum Gasteiger partial charge on any atom is -0.455 e. The highest BCUT2D eigenvalue weighted by Crippen LogP contribution is 2.38. The van der Waals surface area contributed by atoms with Crippen LogP contribution in [0.3, 0.4) is 0 Å². The van der Waals surface area contributed by atoms with E-state index in [0.717, 1.165) is 30.0 Å². The molecule has 2 heterocycles. The van der Waals surface area contributed by atoms with Gasteiger partial charge in [0.1, 0.15) is 17.3 Å². The molecule has 0 unspecified atom stereocenters. The van der Waals surface area contributed by atoms with Crippen LogP contribution in [0.15, 0.2) is 36.5 Å². The van der Waals surface area contributed by atoms with Crippen molar-refractivity contribution in [3.8, 4) is 11.5 Å². The normalized spacial score (nSPS) is 17.1. The summed E-state index contributed by atoms with van der Waals surface area (Å²) in [5.74, 6) is 1.40. The summed E-state index contributed by atoms with van der Waals surface area (Å²) in [6, 6.07) is 8.42. The van der Waals surface area contributed by atoms with Gasteiger partial charge in [-0.05, 0) is 37.4 Å². The first kappa shape index (κ1) is 12.1. The monoisotopic (exact) mass is 258 g/mol. The molecule has 3 nitrogen and oxygen atoms in total. The van der Waals surface area contributed by atoms with Crippen molar-refractivity contribution >= 4 is 0 Å². The van der Waals surface area contributed by atoms with Crippen molar-refractivity contribution in [1.82, 2.24) is 10.3 Å². The first-order valence-corrected chi connectivity index (χ1v) is 6.33. The molecule has 0 saturated heterocycles. The van der Waals surface area contributed by atoms with Gasteiger partial charge in [0.25, 0.3) is 0 Å². The summed E-state index contributed by atoms with van der Waals surface area (Å²) in [4.78, 5) is 4.37. The van der Waals surface area contributed by atoms with Crippen LogP contribution in [-0.4, -0.2) is 18.6 Å². The highest BCUT2D eigenvalue weighted by Gasteiger charge is 2.24. The number of halogens is 1. The lowest BCUT2D eigenvalue weighted by molar-refractivity contribution is 0.473. The fraction of sp³-hybridized carbons (Fsp3) is 0.267. The van der Waals surface area contributed by atoms with Gasteiger partial charge in [0.05, 0.1) is 5.69 Å². The van der Waals surface area contributed by atoms with E-state index >= 15 is 0 Å². The zero-order valence-electron chi connectivity index (χ0n) is 10.7. The molecule has 2 aromatic rings.